The summed E-state index contributed by atoms with van der Waals surface area (Å²) in [4.78, 5) is 0. The predicted octanol–water partition coefficient (Wildman–Crippen LogP) is 3.99. The van der Waals surface area contributed by atoms with E-state index in [0.29, 0.717) is 11.3 Å². The van der Waals surface area contributed by atoms with Crippen LogP contribution in [0.3, 0.4) is 0 Å². The molecule has 2 rings (SSSR count). The van der Waals surface area contributed by atoms with Gasteiger partial charge in [0.15, 0.2) is 0 Å². The van der Waals surface area contributed by atoms with E-state index in [-0.39, 0.29) is 0 Å². The van der Waals surface area contributed by atoms with Crippen molar-refractivity contribution in [2.24, 2.45) is 0 Å². The first-order chi connectivity index (χ1) is 9.90. The number of alkyl halides is 3. The van der Waals surface area contributed by atoms with Gasteiger partial charge in [-0.15, -0.1) is 0 Å². The summed E-state index contributed by atoms with van der Waals surface area (Å²) in [5.41, 5.74) is 0.0314. The van der Waals surface area contributed by atoms with E-state index in [9.17, 15) is 22.7 Å². The van der Waals surface area contributed by atoms with Gasteiger partial charge in [-0.2, -0.15) is 13.2 Å². The third-order valence-electron chi connectivity index (χ3n) is 2.98. The molecule has 0 saturated heterocycles. The second-order valence-corrected chi connectivity index (χ2v) is 4.51. The van der Waals surface area contributed by atoms with Gasteiger partial charge in [0, 0.05) is 5.69 Å². The minimum atomic E-state index is -4.44. The molecule has 0 aliphatic rings. The van der Waals surface area contributed by atoms with Gasteiger partial charge in [0.1, 0.15) is 5.82 Å². The molecule has 0 spiro atoms. The predicted molar refractivity (Wildman–Crippen MR) is 71.3 cm³/mol. The monoisotopic (exact) mass is 299 g/mol. The number of aliphatic hydroxyl groups is 1. The molecule has 0 heterocycles. The van der Waals surface area contributed by atoms with Gasteiger partial charge >= 0.3 is 6.18 Å². The molecular formula is C15H13F4NO. The molecule has 2 aromatic rings. The molecule has 0 bridgehead atoms. The van der Waals surface area contributed by atoms with Crippen LogP contribution in [0.5, 0.6) is 0 Å². The van der Waals surface area contributed by atoms with Gasteiger partial charge in [-0.1, -0.05) is 12.1 Å². The molecule has 0 radical (unpaired) electrons. The average Bonchev–Trinajstić information content (AvgIpc) is 2.46. The summed E-state index contributed by atoms with van der Waals surface area (Å²) in [7, 11) is 0. The van der Waals surface area contributed by atoms with Gasteiger partial charge in [-0.25, -0.2) is 4.39 Å². The fourth-order valence-corrected chi connectivity index (χ4v) is 1.91. The van der Waals surface area contributed by atoms with E-state index in [4.69, 9.17) is 0 Å². The molecule has 0 aliphatic carbocycles. The third-order valence-corrected chi connectivity index (χ3v) is 2.98. The molecule has 0 saturated carbocycles. The van der Waals surface area contributed by atoms with Gasteiger partial charge in [-0.05, 0) is 42.0 Å². The normalized spacial score (nSPS) is 13.0. The summed E-state index contributed by atoms with van der Waals surface area (Å²) in [5, 5.41) is 12.2. The standard InChI is InChI=1S/C15H13F4NO/c16-12-4-6-13(7-5-12)20-14(9-21)10-2-1-3-11(8-10)15(17,18)19/h1-8,14,20-21H,9H2. The van der Waals surface area contributed by atoms with Gasteiger partial charge in [-0.3, -0.25) is 0 Å². The van der Waals surface area contributed by atoms with E-state index in [1.807, 2.05) is 0 Å². The van der Waals surface area contributed by atoms with Crippen molar-refractivity contribution in [3.05, 3.63) is 65.5 Å². The first kappa shape index (κ1) is 15.3. The molecule has 0 aromatic heterocycles. The topological polar surface area (TPSA) is 32.3 Å². The van der Waals surface area contributed by atoms with Crippen molar-refractivity contribution in [2.75, 3.05) is 11.9 Å². The maximum absolute atomic E-state index is 12.8. The van der Waals surface area contributed by atoms with Crippen LogP contribution >= 0.6 is 0 Å². The fourth-order valence-electron chi connectivity index (χ4n) is 1.91. The summed E-state index contributed by atoms with van der Waals surface area (Å²) in [5.74, 6) is -0.417. The number of aliphatic hydroxyl groups excluding tert-OH is 1. The van der Waals surface area contributed by atoms with E-state index < -0.39 is 30.2 Å². The highest BCUT2D eigenvalue weighted by Gasteiger charge is 2.30. The van der Waals surface area contributed by atoms with Crippen LogP contribution < -0.4 is 5.32 Å². The van der Waals surface area contributed by atoms with Gasteiger partial charge in [0.2, 0.25) is 0 Å². The smallest absolute Gasteiger partial charge is 0.394 e. The minimum absolute atomic E-state index is 0.302. The maximum atomic E-state index is 12.8. The minimum Gasteiger partial charge on any atom is -0.394 e. The van der Waals surface area contributed by atoms with Crippen LogP contribution in [0, 0.1) is 5.82 Å². The van der Waals surface area contributed by atoms with Crippen molar-refractivity contribution in [3.8, 4) is 0 Å². The second-order valence-electron chi connectivity index (χ2n) is 4.51. The molecule has 112 valence electrons. The number of hydrogen-bond donors (Lipinski definition) is 2. The van der Waals surface area contributed by atoms with E-state index in [2.05, 4.69) is 5.32 Å². The van der Waals surface area contributed by atoms with E-state index >= 15 is 0 Å². The molecule has 0 fully saturated rings. The molecule has 1 atom stereocenters. The zero-order valence-corrected chi connectivity index (χ0v) is 10.9. The second kappa shape index (κ2) is 6.13. The Balaban J connectivity index is 2.23. The van der Waals surface area contributed by atoms with E-state index in [1.165, 1.54) is 36.4 Å². The van der Waals surface area contributed by atoms with Crippen molar-refractivity contribution in [1.82, 2.24) is 0 Å². The first-order valence-corrected chi connectivity index (χ1v) is 6.20. The zero-order chi connectivity index (χ0) is 15.5. The SMILES string of the molecule is OCC(Nc1ccc(F)cc1)c1cccc(C(F)(F)F)c1. The Morgan fingerprint density at radius 3 is 2.29 bits per heavy atom. The Bertz CT molecular complexity index is 595. The lowest BCUT2D eigenvalue weighted by molar-refractivity contribution is -0.137. The van der Waals surface area contributed by atoms with Gasteiger partial charge < -0.3 is 10.4 Å². The highest BCUT2D eigenvalue weighted by atomic mass is 19.4. The van der Waals surface area contributed by atoms with Crippen molar-refractivity contribution in [2.45, 2.75) is 12.2 Å². The van der Waals surface area contributed by atoms with Crippen LogP contribution in [-0.4, -0.2) is 11.7 Å². The van der Waals surface area contributed by atoms with Crippen LogP contribution in [0.2, 0.25) is 0 Å². The Labute approximate surface area is 119 Å². The average molecular weight is 299 g/mol. The number of anilines is 1. The number of halogens is 4. The van der Waals surface area contributed by atoms with Crippen molar-refractivity contribution in [3.63, 3.8) is 0 Å². The Kier molecular flexibility index (Phi) is 4.47. The van der Waals surface area contributed by atoms with Crippen molar-refractivity contribution >= 4 is 5.69 Å². The maximum Gasteiger partial charge on any atom is 0.416 e. The molecule has 2 nitrogen and oxygen atoms in total. The summed E-state index contributed by atoms with van der Waals surface area (Å²) >= 11 is 0. The molecule has 0 aliphatic heterocycles. The quantitative estimate of drug-likeness (QED) is 0.837. The van der Waals surface area contributed by atoms with Crippen LogP contribution in [0.15, 0.2) is 48.5 Å². The number of rotatable bonds is 4. The van der Waals surface area contributed by atoms with Crippen LogP contribution in [0.1, 0.15) is 17.2 Å². The van der Waals surface area contributed by atoms with E-state index in [1.54, 1.807) is 0 Å². The molecule has 2 N–H and O–H groups in total. The lowest BCUT2D eigenvalue weighted by atomic mass is 10.0. The van der Waals surface area contributed by atoms with Crippen LogP contribution in [0.25, 0.3) is 0 Å². The fraction of sp³-hybridized carbons (Fsp3) is 0.200. The molecule has 21 heavy (non-hydrogen) atoms. The molecule has 6 heteroatoms. The van der Waals surface area contributed by atoms with Crippen LogP contribution in [-0.2, 0) is 6.18 Å². The molecule has 1 unspecified atom stereocenters. The van der Waals surface area contributed by atoms with Crippen molar-refractivity contribution < 1.29 is 22.7 Å². The summed E-state index contributed by atoms with van der Waals surface area (Å²) in [6.07, 6.45) is -4.44. The summed E-state index contributed by atoms with van der Waals surface area (Å²) < 4.78 is 50.9. The third kappa shape index (κ3) is 3.95. The summed E-state index contributed by atoms with van der Waals surface area (Å²) in [6, 6.07) is 9.37. The Morgan fingerprint density at radius 2 is 1.71 bits per heavy atom. The Hall–Kier alpha value is -2.08. The lowest BCUT2D eigenvalue weighted by Crippen LogP contribution is -2.16. The highest BCUT2D eigenvalue weighted by molar-refractivity contribution is 5.46. The van der Waals surface area contributed by atoms with Gasteiger partial charge in [0.05, 0.1) is 18.2 Å². The molecule has 0 amide bonds. The number of nitrogens with one attached hydrogen (secondary N) is 1. The zero-order valence-electron chi connectivity index (χ0n) is 10.9. The summed E-state index contributed by atoms with van der Waals surface area (Å²) in [6.45, 7) is -0.390. The largest absolute Gasteiger partial charge is 0.416 e. The van der Waals surface area contributed by atoms with E-state index in [0.717, 1.165) is 12.1 Å². The molecular weight excluding hydrogens is 286 g/mol. The number of benzene rings is 2. The highest BCUT2D eigenvalue weighted by Crippen LogP contribution is 2.31. The van der Waals surface area contributed by atoms with Gasteiger partial charge in [0.25, 0.3) is 0 Å². The van der Waals surface area contributed by atoms with Crippen LogP contribution in [0.4, 0.5) is 23.2 Å². The Morgan fingerprint density at radius 1 is 1.05 bits per heavy atom. The first-order valence-electron chi connectivity index (χ1n) is 6.20. The lowest BCUT2D eigenvalue weighted by Gasteiger charge is -2.19. The molecule has 2 aromatic carbocycles. The van der Waals surface area contributed by atoms with Crippen molar-refractivity contribution in [1.29, 1.82) is 0 Å². The number of hydrogen-bond acceptors (Lipinski definition) is 2.